The summed E-state index contributed by atoms with van der Waals surface area (Å²) < 4.78 is 0. The van der Waals surface area contributed by atoms with Crippen molar-refractivity contribution >= 4 is 11.9 Å². The molecule has 0 spiro atoms. The van der Waals surface area contributed by atoms with E-state index in [1.807, 2.05) is 0 Å². The second kappa shape index (κ2) is 7.00. The number of hydrogen-bond donors (Lipinski definition) is 3. The molecule has 0 aliphatic heterocycles. The third-order valence-electron chi connectivity index (χ3n) is 1.86. The van der Waals surface area contributed by atoms with E-state index in [-0.39, 0.29) is 18.4 Å². The Morgan fingerprint density at radius 1 is 1.47 bits per heavy atom. The molecule has 0 rings (SSSR count). The molecule has 0 saturated heterocycles. The SMILES string of the molecule is C=CCNC(=O)CNC(C(=O)O)C(C)C. The maximum absolute atomic E-state index is 11.1. The van der Waals surface area contributed by atoms with Crippen molar-refractivity contribution in [3.8, 4) is 0 Å². The molecule has 0 aromatic carbocycles. The Kier molecular flexibility index (Phi) is 6.37. The van der Waals surface area contributed by atoms with Gasteiger partial charge in [0, 0.05) is 6.54 Å². The molecule has 0 fully saturated rings. The molecule has 0 saturated carbocycles. The first kappa shape index (κ1) is 13.6. The largest absolute Gasteiger partial charge is 0.480 e. The van der Waals surface area contributed by atoms with E-state index in [0.29, 0.717) is 6.54 Å². The van der Waals surface area contributed by atoms with E-state index in [1.54, 1.807) is 19.9 Å². The molecule has 0 heterocycles. The van der Waals surface area contributed by atoms with Crippen LogP contribution in [-0.4, -0.2) is 36.1 Å². The van der Waals surface area contributed by atoms with Crippen LogP contribution in [0.1, 0.15) is 13.8 Å². The molecule has 5 nitrogen and oxygen atoms in total. The molecule has 0 aliphatic carbocycles. The Balaban J connectivity index is 3.94. The van der Waals surface area contributed by atoms with Crippen molar-refractivity contribution < 1.29 is 14.7 Å². The lowest BCUT2D eigenvalue weighted by Crippen LogP contribution is -2.45. The summed E-state index contributed by atoms with van der Waals surface area (Å²) in [5, 5.41) is 14.1. The third-order valence-corrected chi connectivity index (χ3v) is 1.86. The molecule has 1 unspecified atom stereocenters. The molecule has 3 N–H and O–H groups in total. The summed E-state index contributed by atoms with van der Waals surface area (Å²) in [6.45, 7) is 7.42. The van der Waals surface area contributed by atoms with Gasteiger partial charge >= 0.3 is 5.97 Å². The minimum absolute atomic E-state index is 0.00296. The first-order chi connectivity index (χ1) is 6.99. The standard InChI is InChI=1S/C10H18N2O3/c1-4-5-11-8(13)6-12-9(7(2)3)10(14)15/h4,7,9,12H,1,5-6H2,2-3H3,(H,11,13)(H,14,15). The van der Waals surface area contributed by atoms with E-state index in [4.69, 9.17) is 5.11 Å². The molecule has 15 heavy (non-hydrogen) atoms. The highest BCUT2D eigenvalue weighted by molar-refractivity contribution is 5.80. The van der Waals surface area contributed by atoms with Gasteiger partial charge in [-0.15, -0.1) is 6.58 Å². The first-order valence-corrected chi connectivity index (χ1v) is 4.82. The average Bonchev–Trinajstić information content (AvgIpc) is 2.13. The van der Waals surface area contributed by atoms with Gasteiger partial charge < -0.3 is 10.4 Å². The summed E-state index contributed by atoms with van der Waals surface area (Å²) in [5.41, 5.74) is 0. The second-order valence-electron chi connectivity index (χ2n) is 3.53. The van der Waals surface area contributed by atoms with Gasteiger partial charge in [-0.2, -0.15) is 0 Å². The average molecular weight is 214 g/mol. The maximum Gasteiger partial charge on any atom is 0.320 e. The summed E-state index contributed by atoms with van der Waals surface area (Å²) in [5.74, 6) is -1.24. The number of aliphatic carboxylic acids is 1. The highest BCUT2D eigenvalue weighted by Gasteiger charge is 2.21. The van der Waals surface area contributed by atoms with Crippen LogP contribution in [0.3, 0.4) is 0 Å². The van der Waals surface area contributed by atoms with Crippen molar-refractivity contribution in [2.24, 2.45) is 5.92 Å². The Hall–Kier alpha value is -1.36. The summed E-state index contributed by atoms with van der Waals surface area (Å²) >= 11 is 0. The van der Waals surface area contributed by atoms with Gasteiger partial charge in [0.25, 0.3) is 0 Å². The zero-order valence-electron chi connectivity index (χ0n) is 9.12. The molecular weight excluding hydrogens is 196 g/mol. The summed E-state index contributed by atoms with van der Waals surface area (Å²) in [6.07, 6.45) is 1.56. The van der Waals surface area contributed by atoms with Crippen molar-refractivity contribution in [2.45, 2.75) is 19.9 Å². The topological polar surface area (TPSA) is 78.4 Å². The Labute approximate surface area is 89.6 Å². The third kappa shape index (κ3) is 5.85. The molecule has 5 heteroatoms. The lowest BCUT2D eigenvalue weighted by atomic mass is 10.1. The van der Waals surface area contributed by atoms with E-state index in [1.165, 1.54) is 0 Å². The van der Waals surface area contributed by atoms with Crippen LogP contribution in [0.25, 0.3) is 0 Å². The number of carboxylic acids is 1. The number of nitrogens with one attached hydrogen (secondary N) is 2. The number of hydrogen-bond acceptors (Lipinski definition) is 3. The summed E-state index contributed by atoms with van der Waals surface area (Å²) in [6, 6.07) is -0.695. The molecule has 0 aliphatic rings. The van der Waals surface area contributed by atoms with E-state index in [2.05, 4.69) is 17.2 Å². The fourth-order valence-corrected chi connectivity index (χ4v) is 1.06. The molecule has 0 aromatic rings. The number of carbonyl (C=O) groups excluding carboxylic acids is 1. The molecule has 0 radical (unpaired) electrons. The Morgan fingerprint density at radius 2 is 2.07 bits per heavy atom. The van der Waals surface area contributed by atoms with Gasteiger partial charge in [0.1, 0.15) is 6.04 Å². The highest BCUT2D eigenvalue weighted by Crippen LogP contribution is 2.00. The zero-order valence-corrected chi connectivity index (χ0v) is 9.12. The molecule has 1 atom stereocenters. The van der Waals surface area contributed by atoms with Crippen LogP contribution < -0.4 is 10.6 Å². The smallest absolute Gasteiger partial charge is 0.320 e. The van der Waals surface area contributed by atoms with Crippen molar-refractivity contribution in [3.63, 3.8) is 0 Å². The van der Waals surface area contributed by atoms with Gasteiger partial charge in [0.05, 0.1) is 6.54 Å². The minimum atomic E-state index is -0.943. The van der Waals surface area contributed by atoms with Crippen molar-refractivity contribution in [2.75, 3.05) is 13.1 Å². The predicted molar refractivity (Wildman–Crippen MR) is 57.5 cm³/mol. The van der Waals surface area contributed by atoms with Crippen LogP contribution in [0.5, 0.6) is 0 Å². The number of amides is 1. The van der Waals surface area contributed by atoms with Crippen LogP contribution in [0.4, 0.5) is 0 Å². The Morgan fingerprint density at radius 3 is 2.47 bits per heavy atom. The molecule has 0 bridgehead atoms. The quantitative estimate of drug-likeness (QED) is 0.521. The van der Waals surface area contributed by atoms with Gasteiger partial charge in [0.2, 0.25) is 5.91 Å². The number of carbonyl (C=O) groups is 2. The first-order valence-electron chi connectivity index (χ1n) is 4.82. The van der Waals surface area contributed by atoms with Gasteiger partial charge in [-0.25, -0.2) is 0 Å². The zero-order chi connectivity index (χ0) is 11.8. The number of carboxylic acid groups (broad SMARTS) is 1. The molecule has 86 valence electrons. The fraction of sp³-hybridized carbons (Fsp3) is 0.600. The van der Waals surface area contributed by atoms with Gasteiger partial charge in [-0.3, -0.25) is 14.9 Å². The van der Waals surface area contributed by atoms with Gasteiger partial charge in [-0.1, -0.05) is 19.9 Å². The molecule has 1 amide bonds. The van der Waals surface area contributed by atoms with Gasteiger partial charge in [-0.05, 0) is 5.92 Å². The highest BCUT2D eigenvalue weighted by atomic mass is 16.4. The van der Waals surface area contributed by atoms with E-state index < -0.39 is 12.0 Å². The lowest BCUT2D eigenvalue weighted by molar-refractivity contribution is -0.140. The molecule has 0 aromatic heterocycles. The van der Waals surface area contributed by atoms with Crippen LogP contribution in [-0.2, 0) is 9.59 Å². The van der Waals surface area contributed by atoms with E-state index in [0.717, 1.165) is 0 Å². The second-order valence-corrected chi connectivity index (χ2v) is 3.53. The minimum Gasteiger partial charge on any atom is -0.480 e. The van der Waals surface area contributed by atoms with E-state index in [9.17, 15) is 9.59 Å². The Bertz CT molecular complexity index is 239. The van der Waals surface area contributed by atoms with Crippen LogP contribution in [0, 0.1) is 5.92 Å². The fourth-order valence-electron chi connectivity index (χ4n) is 1.06. The van der Waals surface area contributed by atoms with Crippen molar-refractivity contribution in [3.05, 3.63) is 12.7 Å². The van der Waals surface area contributed by atoms with Crippen LogP contribution in [0.2, 0.25) is 0 Å². The number of rotatable bonds is 7. The summed E-state index contributed by atoms with van der Waals surface area (Å²) in [7, 11) is 0. The van der Waals surface area contributed by atoms with Crippen LogP contribution >= 0.6 is 0 Å². The maximum atomic E-state index is 11.1. The molecular formula is C10H18N2O3. The van der Waals surface area contributed by atoms with Crippen molar-refractivity contribution in [1.82, 2.24) is 10.6 Å². The van der Waals surface area contributed by atoms with Crippen molar-refractivity contribution in [1.29, 1.82) is 0 Å². The lowest BCUT2D eigenvalue weighted by Gasteiger charge is -2.17. The predicted octanol–water partition coefficient (Wildman–Crippen LogP) is -0.0126. The summed E-state index contributed by atoms with van der Waals surface area (Å²) in [4.78, 5) is 21.9. The van der Waals surface area contributed by atoms with Gasteiger partial charge in [0.15, 0.2) is 0 Å². The monoisotopic (exact) mass is 214 g/mol. The van der Waals surface area contributed by atoms with E-state index >= 15 is 0 Å². The normalized spacial score (nSPS) is 12.2. The van der Waals surface area contributed by atoms with Crippen LogP contribution in [0.15, 0.2) is 12.7 Å².